The highest BCUT2D eigenvalue weighted by molar-refractivity contribution is 7.99. The highest BCUT2D eigenvalue weighted by Crippen LogP contribution is 2.27. The molecule has 2 aliphatic rings. The number of rotatable bonds is 3. The van der Waals surface area contributed by atoms with E-state index in [0.717, 1.165) is 17.2 Å². The number of carbonyl (C=O) groups is 2. The fourth-order valence-corrected chi connectivity index (χ4v) is 4.02. The van der Waals surface area contributed by atoms with Crippen molar-refractivity contribution in [3.05, 3.63) is 35.9 Å². The number of carboxylic acid groups (broad SMARTS) is 1. The first kappa shape index (κ1) is 15.2. The Balaban J connectivity index is 1.65. The monoisotopic (exact) mass is 322 g/mol. The van der Waals surface area contributed by atoms with Gasteiger partial charge in [-0.25, -0.2) is 9.59 Å². The second-order valence-corrected chi connectivity index (χ2v) is 6.47. The molecule has 6 nitrogen and oxygen atoms in total. The minimum absolute atomic E-state index is 0.158. The van der Waals surface area contributed by atoms with Crippen molar-refractivity contribution in [3.8, 4) is 0 Å². The van der Waals surface area contributed by atoms with E-state index in [1.807, 2.05) is 30.3 Å². The van der Waals surface area contributed by atoms with Gasteiger partial charge in [-0.3, -0.25) is 9.80 Å². The van der Waals surface area contributed by atoms with Crippen molar-refractivity contribution in [1.82, 2.24) is 9.80 Å². The van der Waals surface area contributed by atoms with Gasteiger partial charge in [-0.2, -0.15) is 0 Å². The maximum Gasteiger partial charge on any atom is 0.410 e. The van der Waals surface area contributed by atoms with E-state index in [1.165, 1.54) is 4.90 Å². The summed E-state index contributed by atoms with van der Waals surface area (Å²) in [5, 5.41) is 9.38. The van der Waals surface area contributed by atoms with Crippen LogP contribution in [0.5, 0.6) is 0 Å². The Labute approximate surface area is 133 Å². The largest absolute Gasteiger partial charge is 0.480 e. The lowest BCUT2D eigenvalue weighted by Crippen LogP contribution is -2.61. The molecule has 1 aromatic carbocycles. The molecule has 22 heavy (non-hydrogen) atoms. The number of fused-ring (bicyclic) bond motifs is 1. The van der Waals surface area contributed by atoms with Gasteiger partial charge >= 0.3 is 12.1 Å². The molecule has 118 valence electrons. The summed E-state index contributed by atoms with van der Waals surface area (Å²) in [6, 6.07) is 8.77. The summed E-state index contributed by atoms with van der Waals surface area (Å²) in [5.74, 6) is 0.780. The summed E-state index contributed by atoms with van der Waals surface area (Å²) >= 11 is 1.77. The second-order valence-electron chi connectivity index (χ2n) is 5.47. The molecule has 0 bridgehead atoms. The number of ether oxygens (including phenoxy) is 1. The van der Waals surface area contributed by atoms with E-state index < -0.39 is 18.1 Å². The minimum atomic E-state index is -0.980. The summed E-state index contributed by atoms with van der Waals surface area (Å²) in [4.78, 5) is 27.2. The average Bonchev–Trinajstić information content (AvgIpc) is 2.99. The van der Waals surface area contributed by atoms with Gasteiger partial charge in [0, 0.05) is 30.8 Å². The molecule has 1 N–H and O–H groups in total. The predicted octanol–water partition coefficient (Wildman–Crippen LogP) is 1.47. The van der Waals surface area contributed by atoms with Gasteiger partial charge in [-0.15, -0.1) is 11.8 Å². The molecule has 3 rings (SSSR count). The molecule has 2 saturated heterocycles. The fraction of sp³-hybridized carbons (Fsp3) is 0.467. The molecule has 1 amide bonds. The third-order valence-corrected chi connectivity index (χ3v) is 5.13. The number of piperazine rings is 1. The van der Waals surface area contributed by atoms with Crippen LogP contribution in [-0.4, -0.2) is 63.8 Å². The van der Waals surface area contributed by atoms with Gasteiger partial charge in [0.15, 0.2) is 0 Å². The lowest BCUT2D eigenvalue weighted by Gasteiger charge is -2.40. The zero-order valence-electron chi connectivity index (χ0n) is 12.1. The molecular weight excluding hydrogens is 304 g/mol. The molecule has 0 aliphatic carbocycles. The van der Waals surface area contributed by atoms with E-state index in [4.69, 9.17) is 4.74 Å². The van der Waals surface area contributed by atoms with E-state index in [2.05, 4.69) is 4.90 Å². The van der Waals surface area contributed by atoms with Crippen LogP contribution in [0.4, 0.5) is 4.79 Å². The normalized spacial score (nSPS) is 24.8. The summed E-state index contributed by atoms with van der Waals surface area (Å²) in [5.41, 5.74) is 0.887. The fourth-order valence-electron chi connectivity index (χ4n) is 2.78. The zero-order valence-corrected chi connectivity index (χ0v) is 12.9. The molecule has 0 radical (unpaired) electrons. The van der Waals surface area contributed by atoms with Crippen molar-refractivity contribution in [3.63, 3.8) is 0 Å². The highest BCUT2D eigenvalue weighted by Gasteiger charge is 2.42. The topological polar surface area (TPSA) is 70.1 Å². The van der Waals surface area contributed by atoms with E-state index in [1.54, 1.807) is 11.8 Å². The first-order chi connectivity index (χ1) is 10.6. The van der Waals surface area contributed by atoms with E-state index in [-0.39, 0.29) is 12.6 Å². The highest BCUT2D eigenvalue weighted by atomic mass is 32.2. The standard InChI is InChI=1S/C15H18N2O4S/c18-14(19)13-7-16-10-22-9-12(16)6-17(13)15(20)21-8-11-4-2-1-3-5-11/h1-5,12-13H,6-10H2,(H,18,19). The van der Waals surface area contributed by atoms with Crippen LogP contribution in [0.3, 0.4) is 0 Å². The molecule has 1 aromatic rings. The number of nitrogens with zero attached hydrogens (tertiary/aromatic N) is 2. The number of carboxylic acids is 1. The molecule has 7 heteroatoms. The molecule has 0 saturated carbocycles. The predicted molar refractivity (Wildman–Crippen MR) is 82.6 cm³/mol. The van der Waals surface area contributed by atoms with E-state index >= 15 is 0 Å². The SMILES string of the molecule is O=C(O)C1CN2CSCC2CN1C(=O)OCc1ccccc1. The maximum absolute atomic E-state index is 12.3. The lowest BCUT2D eigenvalue weighted by molar-refractivity contribution is -0.145. The van der Waals surface area contributed by atoms with Gasteiger partial charge in [0.25, 0.3) is 0 Å². The van der Waals surface area contributed by atoms with E-state index in [9.17, 15) is 14.7 Å². The van der Waals surface area contributed by atoms with Crippen LogP contribution in [-0.2, 0) is 16.1 Å². The van der Waals surface area contributed by atoms with Gasteiger partial charge in [0.2, 0.25) is 0 Å². The Kier molecular flexibility index (Phi) is 4.54. The van der Waals surface area contributed by atoms with Crippen molar-refractivity contribution in [2.24, 2.45) is 0 Å². The Bertz CT molecular complexity index is 554. The number of benzene rings is 1. The molecule has 0 aromatic heterocycles. The van der Waals surface area contributed by atoms with Gasteiger partial charge in [0.1, 0.15) is 12.6 Å². The van der Waals surface area contributed by atoms with Crippen molar-refractivity contribution < 1.29 is 19.4 Å². The Morgan fingerprint density at radius 3 is 2.77 bits per heavy atom. The summed E-state index contributed by atoms with van der Waals surface area (Å²) in [6.45, 7) is 0.941. The number of hydrogen-bond donors (Lipinski definition) is 1. The average molecular weight is 322 g/mol. The second kappa shape index (κ2) is 6.58. The smallest absolute Gasteiger partial charge is 0.410 e. The van der Waals surface area contributed by atoms with Gasteiger partial charge in [-0.05, 0) is 5.56 Å². The number of carbonyl (C=O) groups excluding carboxylic acids is 1. The maximum atomic E-state index is 12.3. The van der Waals surface area contributed by atoms with Gasteiger partial charge < -0.3 is 9.84 Å². The summed E-state index contributed by atoms with van der Waals surface area (Å²) in [7, 11) is 0. The third-order valence-electron chi connectivity index (χ3n) is 4.00. The van der Waals surface area contributed by atoms with Crippen molar-refractivity contribution in [2.45, 2.75) is 18.7 Å². The molecule has 2 atom stereocenters. The Morgan fingerprint density at radius 1 is 1.27 bits per heavy atom. The van der Waals surface area contributed by atoms with Crippen LogP contribution >= 0.6 is 11.8 Å². The van der Waals surface area contributed by atoms with Crippen LogP contribution in [0.15, 0.2) is 30.3 Å². The van der Waals surface area contributed by atoms with Crippen LogP contribution in [0, 0.1) is 0 Å². The van der Waals surface area contributed by atoms with Gasteiger partial charge in [0.05, 0.1) is 0 Å². The molecule has 2 heterocycles. The van der Waals surface area contributed by atoms with Gasteiger partial charge in [-0.1, -0.05) is 30.3 Å². The van der Waals surface area contributed by atoms with Crippen LogP contribution in [0.25, 0.3) is 0 Å². The van der Waals surface area contributed by atoms with E-state index in [0.29, 0.717) is 13.1 Å². The lowest BCUT2D eigenvalue weighted by atomic mass is 10.1. The summed E-state index contributed by atoms with van der Waals surface area (Å²) in [6.07, 6.45) is -0.548. The third kappa shape index (κ3) is 3.20. The van der Waals surface area contributed by atoms with Crippen molar-refractivity contribution >= 4 is 23.8 Å². The molecule has 2 fully saturated rings. The van der Waals surface area contributed by atoms with Crippen molar-refractivity contribution in [2.75, 3.05) is 24.7 Å². The number of amides is 1. The zero-order chi connectivity index (χ0) is 15.5. The van der Waals surface area contributed by atoms with Crippen LogP contribution in [0.1, 0.15) is 5.56 Å². The number of aliphatic carboxylic acids is 1. The molecule has 2 aliphatic heterocycles. The molecule has 2 unspecified atom stereocenters. The molecular formula is C15H18N2O4S. The quantitative estimate of drug-likeness (QED) is 0.909. The Hall–Kier alpha value is -1.73. The molecule has 0 spiro atoms. The Morgan fingerprint density at radius 2 is 2.05 bits per heavy atom. The van der Waals surface area contributed by atoms with Crippen molar-refractivity contribution in [1.29, 1.82) is 0 Å². The van der Waals surface area contributed by atoms with Crippen LogP contribution < -0.4 is 0 Å². The minimum Gasteiger partial charge on any atom is -0.480 e. The summed E-state index contributed by atoms with van der Waals surface area (Å²) < 4.78 is 5.29. The number of thioether (sulfide) groups is 1. The first-order valence-corrected chi connectivity index (χ1v) is 8.32. The first-order valence-electron chi connectivity index (χ1n) is 7.17. The van der Waals surface area contributed by atoms with Crippen LogP contribution in [0.2, 0.25) is 0 Å². The number of hydrogen-bond acceptors (Lipinski definition) is 5.